The Morgan fingerprint density at radius 3 is 2.79 bits per heavy atom. The first kappa shape index (κ1) is 13.6. The minimum absolute atomic E-state index is 0.417. The van der Waals surface area contributed by atoms with Crippen molar-refractivity contribution in [2.75, 3.05) is 7.11 Å². The molecule has 0 spiro atoms. The summed E-state index contributed by atoms with van der Waals surface area (Å²) in [7, 11) is 1.68. The maximum Gasteiger partial charge on any atom is 0.123 e. The van der Waals surface area contributed by atoms with Crippen LogP contribution in [0.4, 0.5) is 0 Å². The van der Waals surface area contributed by atoms with Gasteiger partial charge in [0.15, 0.2) is 0 Å². The zero-order valence-corrected chi connectivity index (χ0v) is 11.8. The van der Waals surface area contributed by atoms with Gasteiger partial charge in [-0.2, -0.15) is 0 Å². The summed E-state index contributed by atoms with van der Waals surface area (Å²) in [4.78, 5) is 4.40. The van der Waals surface area contributed by atoms with E-state index in [1.54, 1.807) is 7.11 Å². The molecule has 19 heavy (non-hydrogen) atoms. The van der Waals surface area contributed by atoms with E-state index < -0.39 is 0 Å². The van der Waals surface area contributed by atoms with Gasteiger partial charge < -0.3 is 15.0 Å². The normalized spacial score (nSPS) is 11.0. The van der Waals surface area contributed by atoms with E-state index in [-0.39, 0.29) is 0 Å². The quantitative estimate of drug-likeness (QED) is 0.897. The molecule has 1 aromatic heterocycles. The molecule has 1 aromatic carbocycles. The third-order valence-corrected chi connectivity index (χ3v) is 3.19. The van der Waals surface area contributed by atoms with Gasteiger partial charge >= 0.3 is 0 Å². The van der Waals surface area contributed by atoms with Gasteiger partial charge in [0.25, 0.3) is 0 Å². The lowest BCUT2D eigenvalue weighted by Crippen LogP contribution is -2.07. The molecular formula is C15H21N3O. The lowest BCUT2D eigenvalue weighted by molar-refractivity contribution is 0.409. The summed E-state index contributed by atoms with van der Waals surface area (Å²) in [5.74, 6) is 2.37. The van der Waals surface area contributed by atoms with Gasteiger partial charge in [-0.15, -0.1) is 0 Å². The van der Waals surface area contributed by atoms with Crippen LogP contribution in [0.15, 0.2) is 30.6 Å². The highest BCUT2D eigenvalue weighted by molar-refractivity contribution is 5.37. The van der Waals surface area contributed by atoms with Crippen LogP contribution in [0, 0.1) is 0 Å². The minimum atomic E-state index is 0.417. The molecule has 4 heteroatoms. The topological polar surface area (TPSA) is 53.1 Å². The number of rotatable bonds is 5. The van der Waals surface area contributed by atoms with Gasteiger partial charge in [0.1, 0.15) is 11.6 Å². The summed E-state index contributed by atoms with van der Waals surface area (Å²) in [5.41, 5.74) is 7.90. The Morgan fingerprint density at radius 2 is 2.16 bits per heavy atom. The molecule has 0 bridgehead atoms. The minimum Gasteiger partial charge on any atom is -0.496 e. The first-order valence-corrected chi connectivity index (χ1v) is 6.52. The molecule has 0 radical (unpaired) electrons. The predicted molar refractivity (Wildman–Crippen MR) is 76.3 cm³/mol. The molecule has 2 aromatic rings. The Balaban J connectivity index is 2.26. The molecule has 0 saturated carbocycles. The maximum atomic E-state index is 5.68. The Bertz CT molecular complexity index is 546. The van der Waals surface area contributed by atoms with E-state index in [0.29, 0.717) is 12.5 Å². The number of ether oxygens (including phenoxy) is 1. The van der Waals surface area contributed by atoms with Crippen molar-refractivity contribution in [3.63, 3.8) is 0 Å². The maximum absolute atomic E-state index is 5.68. The van der Waals surface area contributed by atoms with Crippen LogP contribution in [0.1, 0.15) is 36.7 Å². The molecule has 0 aliphatic heterocycles. The lowest BCUT2D eigenvalue weighted by atomic mass is 10.1. The molecule has 0 atom stereocenters. The second kappa shape index (κ2) is 5.89. The second-order valence-electron chi connectivity index (χ2n) is 4.92. The number of imidazole rings is 1. The summed E-state index contributed by atoms with van der Waals surface area (Å²) in [5, 5.41) is 0. The van der Waals surface area contributed by atoms with Crippen LogP contribution in [0.25, 0.3) is 0 Å². The summed E-state index contributed by atoms with van der Waals surface area (Å²) in [6, 6.07) is 6.17. The number of hydrogen-bond donors (Lipinski definition) is 1. The molecule has 0 saturated heterocycles. The number of nitrogens with zero attached hydrogens (tertiary/aromatic N) is 2. The largest absolute Gasteiger partial charge is 0.496 e. The van der Waals surface area contributed by atoms with Crippen LogP contribution in [-0.4, -0.2) is 16.7 Å². The number of hydrogen-bond acceptors (Lipinski definition) is 3. The highest BCUT2D eigenvalue weighted by atomic mass is 16.5. The summed E-state index contributed by atoms with van der Waals surface area (Å²) in [6.07, 6.45) is 3.86. The van der Waals surface area contributed by atoms with Crippen molar-refractivity contribution >= 4 is 0 Å². The molecule has 1 heterocycles. The Kier molecular flexibility index (Phi) is 4.22. The molecule has 0 amide bonds. The fourth-order valence-electron chi connectivity index (χ4n) is 2.21. The van der Waals surface area contributed by atoms with Crippen molar-refractivity contribution in [2.24, 2.45) is 5.73 Å². The van der Waals surface area contributed by atoms with Crippen LogP contribution in [0.5, 0.6) is 5.75 Å². The molecule has 0 fully saturated rings. The summed E-state index contributed by atoms with van der Waals surface area (Å²) in [6.45, 7) is 5.59. The Labute approximate surface area is 114 Å². The van der Waals surface area contributed by atoms with E-state index in [1.165, 1.54) is 5.56 Å². The van der Waals surface area contributed by atoms with Gasteiger partial charge in [0.2, 0.25) is 0 Å². The van der Waals surface area contributed by atoms with E-state index in [9.17, 15) is 0 Å². The van der Waals surface area contributed by atoms with Crippen LogP contribution in [-0.2, 0) is 13.1 Å². The van der Waals surface area contributed by atoms with Crippen molar-refractivity contribution in [2.45, 2.75) is 32.9 Å². The molecular weight excluding hydrogens is 238 g/mol. The molecule has 2 N–H and O–H groups in total. The first-order valence-electron chi connectivity index (χ1n) is 6.52. The molecule has 0 aliphatic rings. The van der Waals surface area contributed by atoms with Crippen molar-refractivity contribution in [3.8, 4) is 5.75 Å². The van der Waals surface area contributed by atoms with Crippen molar-refractivity contribution in [3.05, 3.63) is 47.5 Å². The average Bonchev–Trinajstić information content (AvgIpc) is 2.87. The fourth-order valence-corrected chi connectivity index (χ4v) is 2.21. The number of aromatic nitrogens is 2. The van der Waals surface area contributed by atoms with Crippen molar-refractivity contribution in [1.82, 2.24) is 9.55 Å². The third kappa shape index (κ3) is 2.96. The standard InChI is InChI=1S/C15H21N3O/c1-11(2)15-17-6-7-18(15)10-12-4-5-13(9-16)14(8-12)19-3/h4-8,11H,9-10,16H2,1-3H3. The summed E-state index contributed by atoms with van der Waals surface area (Å²) < 4.78 is 7.54. The van der Waals surface area contributed by atoms with Crippen LogP contribution >= 0.6 is 0 Å². The first-order chi connectivity index (χ1) is 9.15. The van der Waals surface area contributed by atoms with Crippen LogP contribution in [0.2, 0.25) is 0 Å². The van der Waals surface area contributed by atoms with E-state index >= 15 is 0 Å². The fraction of sp³-hybridized carbons (Fsp3) is 0.400. The Hall–Kier alpha value is -1.81. The van der Waals surface area contributed by atoms with Crippen molar-refractivity contribution in [1.29, 1.82) is 0 Å². The van der Waals surface area contributed by atoms with Gasteiger partial charge in [-0.1, -0.05) is 26.0 Å². The number of benzene rings is 1. The molecule has 2 rings (SSSR count). The average molecular weight is 259 g/mol. The van der Waals surface area contributed by atoms with Gasteiger partial charge in [-0.05, 0) is 11.6 Å². The van der Waals surface area contributed by atoms with E-state index in [0.717, 1.165) is 23.7 Å². The third-order valence-electron chi connectivity index (χ3n) is 3.19. The second-order valence-corrected chi connectivity index (χ2v) is 4.92. The van der Waals surface area contributed by atoms with E-state index in [4.69, 9.17) is 10.5 Å². The zero-order chi connectivity index (χ0) is 13.8. The SMILES string of the molecule is COc1cc(Cn2ccnc2C(C)C)ccc1CN. The van der Waals surface area contributed by atoms with E-state index in [2.05, 4.69) is 29.5 Å². The monoisotopic (exact) mass is 259 g/mol. The molecule has 0 unspecified atom stereocenters. The number of methoxy groups -OCH3 is 1. The van der Waals surface area contributed by atoms with Gasteiger partial charge in [0.05, 0.1) is 7.11 Å². The molecule has 102 valence electrons. The van der Waals surface area contributed by atoms with E-state index in [1.807, 2.05) is 24.5 Å². The van der Waals surface area contributed by atoms with Crippen LogP contribution < -0.4 is 10.5 Å². The summed E-state index contributed by atoms with van der Waals surface area (Å²) >= 11 is 0. The van der Waals surface area contributed by atoms with Gasteiger partial charge in [-0.3, -0.25) is 0 Å². The van der Waals surface area contributed by atoms with Crippen LogP contribution in [0.3, 0.4) is 0 Å². The van der Waals surface area contributed by atoms with Crippen molar-refractivity contribution < 1.29 is 4.74 Å². The van der Waals surface area contributed by atoms with Gasteiger partial charge in [0, 0.05) is 37.0 Å². The predicted octanol–water partition coefficient (Wildman–Crippen LogP) is 2.52. The lowest BCUT2D eigenvalue weighted by Gasteiger charge is -2.13. The highest BCUT2D eigenvalue weighted by Crippen LogP contribution is 2.21. The Morgan fingerprint density at radius 1 is 1.37 bits per heavy atom. The molecule has 4 nitrogen and oxygen atoms in total. The van der Waals surface area contributed by atoms with Gasteiger partial charge in [-0.25, -0.2) is 4.98 Å². The molecule has 0 aliphatic carbocycles. The highest BCUT2D eigenvalue weighted by Gasteiger charge is 2.09. The zero-order valence-electron chi connectivity index (χ0n) is 11.8. The number of nitrogens with two attached hydrogens (primary N) is 1. The smallest absolute Gasteiger partial charge is 0.123 e.